The maximum absolute atomic E-state index is 11.0. The first kappa shape index (κ1) is 11.9. The summed E-state index contributed by atoms with van der Waals surface area (Å²) >= 11 is 0. The van der Waals surface area contributed by atoms with Crippen molar-refractivity contribution in [2.24, 2.45) is 0 Å². The van der Waals surface area contributed by atoms with Crippen LogP contribution < -0.4 is 9.47 Å². The molecular weight excluding hydrogens is 240 g/mol. The van der Waals surface area contributed by atoms with Crippen LogP contribution in [0, 0.1) is 0 Å². The minimum Gasteiger partial charge on any atom is -0.497 e. The summed E-state index contributed by atoms with van der Waals surface area (Å²) in [6.45, 7) is -0.00650. The second-order valence-corrected chi connectivity index (χ2v) is 3.29. The van der Waals surface area contributed by atoms with Gasteiger partial charge in [0.25, 0.3) is 5.89 Å². The fourth-order valence-electron chi connectivity index (χ4n) is 1.32. The van der Waals surface area contributed by atoms with Crippen molar-refractivity contribution >= 4 is 5.97 Å². The molecule has 0 aliphatic heterocycles. The van der Waals surface area contributed by atoms with Crippen molar-refractivity contribution in [2.75, 3.05) is 7.11 Å². The van der Waals surface area contributed by atoms with E-state index in [1.165, 1.54) is 25.6 Å². The Bertz CT molecular complexity index is 538. The van der Waals surface area contributed by atoms with Crippen LogP contribution >= 0.6 is 0 Å². The number of benzene rings is 1. The van der Waals surface area contributed by atoms with Gasteiger partial charge in [-0.05, 0) is 12.1 Å². The van der Waals surface area contributed by atoms with Crippen LogP contribution in [0.1, 0.15) is 16.2 Å². The summed E-state index contributed by atoms with van der Waals surface area (Å²) < 4.78 is 15.1. The van der Waals surface area contributed by atoms with Gasteiger partial charge >= 0.3 is 5.97 Å². The molecule has 1 aromatic heterocycles. The molecule has 94 valence electrons. The maximum Gasteiger partial charge on any atom is 0.339 e. The molecule has 0 fully saturated rings. The number of carbonyl (C=O) groups is 1. The van der Waals surface area contributed by atoms with E-state index in [9.17, 15) is 4.79 Å². The van der Waals surface area contributed by atoms with E-state index >= 15 is 0 Å². The average molecular weight is 250 g/mol. The zero-order valence-corrected chi connectivity index (χ0v) is 9.49. The standard InChI is InChI=1S/C11H10N2O5/c1-16-7-2-3-8(11(14)15)9(4-7)17-5-10-12-6-13-18-10/h2-4,6H,5H2,1H3,(H,14,15). The number of carboxylic acid groups (broad SMARTS) is 1. The molecule has 0 aliphatic rings. The lowest BCUT2D eigenvalue weighted by Crippen LogP contribution is -2.04. The number of rotatable bonds is 5. The van der Waals surface area contributed by atoms with E-state index in [1.807, 2.05) is 0 Å². The second-order valence-electron chi connectivity index (χ2n) is 3.29. The summed E-state index contributed by atoms with van der Waals surface area (Å²) in [5.74, 6) is -0.145. The first-order valence-electron chi connectivity index (χ1n) is 5.00. The molecule has 1 N–H and O–H groups in total. The van der Waals surface area contributed by atoms with E-state index in [1.54, 1.807) is 6.07 Å². The maximum atomic E-state index is 11.0. The summed E-state index contributed by atoms with van der Waals surface area (Å²) in [6.07, 6.45) is 1.24. The number of carboxylic acids is 1. The molecule has 0 saturated carbocycles. The third-order valence-electron chi connectivity index (χ3n) is 2.18. The SMILES string of the molecule is COc1ccc(C(=O)O)c(OCc2ncno2)c1. The predicted molar refractivity (Wildman–Crippen MR) is 58.6 cm³/mol. The lowest BCUT2D eigenvalue weighted by Gasteiger charge is -2.08. The van der Waals surface area contributed by atoms with Gasteiger partial charge in [0.05, 0.1) is 7.11 Å². The summed E-state index contributed by atoms with van der Waals surface area (Å²) in [6, 6.07) is 4.44. The van der Waals surface area contributed by atoms with Crippen LogP contribution in [0.15, 0.2) is 29.0 Å². The molecule has 0 spiro atoms. The predicted octanol–water partition coefficient (Wildman–Crippen LogP) is 1.36. The van der Waals surface area contributed by atoms with Crippen molar-refractivity contribution in [2.45, 2.75) is 6.61 Å². The minimum atomic E-state index is -1.09. The molecule has 0 radical (unpaired) electrons. The van der Waals surface area contributed by atoms with Gasteiger partial charge < -0.3 is 19.1 Å². The van der Waals surface area contributed by atoms with Crippen LogP contribution in [0.3, 0.4) is 0 Å². The topological polar surface area (TPSA) is 94.7 Å². The van der Waals surface area contributed by atoms with Gasteiger partial charge in [0.15, 0.2) is 12.9 Å². The molecule has 7 nitrogen and oxygen atoms in total. The van der Waals surface area contributed by atoms with Gasteiger partial charge in [0.1, 0.15) is 17.1 Å². The number of hydrogen-bond donors (Lipinski definition) is 1. The highest BCUT2D eigenvalue weighted by molar-refractivity contribution is 5.91. The van der Waals surface area contributed by atoms with Crippen molar-refractivity contribution in [1.29, 1.82) is 0 Å². The van der Waals surface area contributed by atoms with Gasteiger partial charge in [-0.1, -0.05) is 5.16 Å². The van der Waals surface area contributed by atoms with E-state index in [0.717, 1.165) is 0 Å². The Balaban J connectivity index is 2.20. The molecule has 0 atom stereocenters. The van der Waals surface area contributed by atoms with Gasteiger partial charge in [-0.3, -0.25) is 0 Å². The summed E-state index contributed by atoms with van der Waals surface area (Å²) in [4.78, 5) is 14.8. The number of methoxy groups -OCH3 is 1. The van der Waals surface area contributed by atoms with Crippen LogP contribution in [0.25, 0.3) is 0 Å². The molecule has 0 amide bonds. The molecule has 0 aliphatic carbocycles. The van der Waals surface area contributed by atoms with Crippen LogP contribution in [0.4, 0.5) is 0 Å². The Morgan fingerprint density at radius 2 is 2.33 bits per heavy atom. The highest BCUT2D eigenvalue weighted by atomic mass is 16.5. The lowest BCUT2D eigenvalue weighted by molar-refractivity contribution is 0.0691. The fraction of sp³-hybridized carbons (Fsp3) is 0.182. The number of ether oxygens (including phenoxy) is 2. The summed E-state index contributed by atoms with van der Waals surface area (Å²) in [5.41, 5.74) is 0.0373. The Hall–Kier alpha value is -2.57. The molecule has 1 aromatic carbocycles. The molecular formula is C11H10N2O5. The number of aromatic nitrogens is 2. The largest absolute Gasteiger partial charge is 0.497 e. The van der Waals surface area contributed by atoms with Crippen LogP contribution in [0.5, 0.6) is 11.5 Å². The van der Waals surface area contributed by atoms with Crippen molar-refractivity contribution < 1.29 is 23.9 Å². The second kappa shape index (κ2) is 5.17. The van der Waals surface area contributed by atoms with Gasteiger partial charge in [-0.25, -0.2) is 4.79 Å². The van der Waals surface area contributed by atoms with Gasteiger partial charge in [-0.15, -0.1) is 0 Å². The molecule has 2 rings (SSSR count). The number of nitrogens with zero attached hydrogens (tertiary/aromatic N) is 2. The highest BCUT2D eigenvalue weighted by Crippen LogP contribution is 2.25. The molecule has 0 bridgehead atoms. The molecule has 0 saturated heterocycles. The van der Waals surface area contributed by atoms with Crippen molar-refractivity contribution in [1.82, 2.24) is 10.1 Å². The molecule has 2 aromatic rings. The van der Waals surface area contributed by atoms with Crippen LogP contribution in [-0.4, -0.2) is 28.3 Å². The lowest BCUT2D eigenvalue weighted by atomic mass is 10.2. The summed E-state index contributed by atoms with van der Waals surface area (Å²) in [7, 11) is 1.48. The first-order valence-corrected chi connectivity index (χ1v) is 5.00. The molecule has 1 heterocycles. The van der Waals surface area contributed by atoms with Crippen molar-refractivity contribution in [3.05, 3.63) is 36.0 Å². The Kier molecular flexibility index (Phi) is 3.42. The van der Waals surface area contributed by atoms with E-state index < -0.39 is 5.97 Å². The normalized spacial score (nSPS) is 10.1. The monoisotopic (exact) mass is 250 g/mol. The van der Waals surface area contributed by atoms with Crippen LogP contribution in [-0.2, 0) is 6.61 Å². The third-order valence-corrected chi connectivity index (χ3v) is 2.18. The molecule has 7 heteroatoms. The van der Waals surface area contributed by atoms with Gasteiger partial charge in [0.2, 0.25) is 0 Å². The first-order chi connectivity index (χ1) is 8.70. The number of aromatic carboxylic acids is 1. The average Bonchev–Trinajstić information content (AvgIpc) is 2.88. The van der Waals surface area contributed by atoms with Gasteiger partial charge in [0, 0.05) is 6.07 Å². The fourth-order valence-corrected chi connectivity index (χ4v) is 1.32. The summed E-state index contributed by atoms with van der Waals surface area (Å²) in [5, 5.41) is 12.4. The zero-order chi connectivity index (χ0) is 13.0. The van der Waals surface area contributed by atoms with E-state index in [0.29, 0.717) is 5.75 Å². The van der Waals surface area contributed by atoms with Gasteiger partial charge in [-0.2, -0.15) is 4.98 Å². The third kappa shape index (κ3) is 2.57. The Morgan fingerprint density at radius 3 is 2.94 bits per heavy atom. The minimum absolute atomic E-state index is 0.00650. The zero-order valence-electron chi connectivity index (χ0n) is 9.49. The van der Waals surface area contributed by atoms with E-state index in [4.69, 9.17) is 19.1 Å². The quantitative estimate of drug-likeness (QED) is 0.855. The number of hydrogen-bond acceptors (Lipinski definition) is 6. The van der Waals surface area contributed by atoms with Crippen LogP contribution in [0.2, 0.25) is 0 Å². The smallest absolute Gasteiger partial charge is 0.339 e. The Labute approximate surface area is 102 Å². The highest BCUT2D eigenvalue weighted by Gasteiger charge is 2.13. The Morgan fingerprint density at radius 1 is 1.50 bits per heavy atom. The van der Waals surface area contributed by atoms with E-state index in [-0.39, 0.29) is 23.8 Å². The van der Waals surface area contributed by atoms with Crippen molar-refractivity contribution in [3.8, 4) is 11.5 Å². The van der Waals surface area contributed by atoms with E-state index in [2.05, 4.69) is 10.1 Å². The molecule has 18 heavy (non-hydrogen) atoms. The van der Waals surface area contributed by atoms with Crippen molar-refractivity contribution in [3.63, 3.8) is 0 Å². The molecule has 0 unspecified atom stereocenters.